The van der Waals surface area contributed by atoms with Crippen LogP contribution < -0.4 is 20.9 Å². The van der Waals surface area contributed by atoms with Crippen molar-refractivity contribution in [3.05, 3.63) is 21.3 Å². The van der Waals surface area contributed by atoms with Crippen LogP contribution in [0.5, 0.6) is 11.5 Å². The number of halogens is 1. The molecule has 0 spiro atoms. The lowest BCUT2D eigenvalue weighted by molar-refractivity contribution is 0.327. The second-order valence-electron chi connectivity index (χ2n) is 4.24. The lowest BCUT2D eigenvalue weighted by Gasteiger charge is -2.13. The number of benzene rings is 1. The molecule has 4 N–H and O–H groups in total. The second-order valence-corrected chi connectivity index (χ2v) is 5.40. The lowest BCUT2D eigenvalue weighted by Crippen LogP contribution is -2.05. The summed E-state index contributed by atoms with van der Waals surface area (Å²) in [7, 11) is 1.47. The summed E-state index contributed by atoms with van der Waals surface area (Å²) in [6.07, 6.45) is 0. The van der Waals surface area contributed by atoms with Gasteiger partial charge in [0.25, 0.3) is 0 Å². The summed E-state index contributed by atoms with van der Waals surface area (Å²) < 4.78 is 11.3. The van der Waals surface area contributed by atoms with Gasteiger partial charge in [-0.25, -0.2) is 4.98 Å². The Morgan fingerprint density at radius 2 is 2.00 bits per heavy atom. The van der Waals surface area contributed by atoms with Crippen LogP contribution in [0, 0.1) is 26.2 Å². The van der Waals surface area contributed by atoms with Gasteiger partial charge in [-0.3, -0.25) is 0 Å². The maximum Gasteiger partial charge on any atom is 0.222 e. The summed E-state index contributed by atoms with van der Waals surface area (Å²) in [4.78, 5) is 7.88. The molecule has 0 amide bonds. The number of nitrogen functional groups attached to an aromatic ring is 2. The highest BCUT2D eigenvalue weighted by Gasteiger charge is 2.18. The summed E-state index contributed by atoms with van der Waals surface area (Å²) >= 11 is 2.04. The smallest absolute Gasteiger partial charge is 0.222 e. The largest absolute Gasteiger partial charge is 0.493 e. The van der Waals surface area contributed by atoms with E-state index in [9.17, 15) is 5.26 Å². The van der Waals surface area contributed by atoms with Gasteiger partial charge in [0.05, 0.1) is 16.4 Å². The summed E-state index contributed by atoms with van der Waals surface area (Å²) in [5.74, 6) is 0.817. The number of nitrogens with zero attached hydrogens (tertiary/aromatic N) is 4. The van der Waals surface area contributed by atoms with Gasteiger partial charge in [-0.2, -0.15) is 15.5 Å². The van der Waals surface area contributed by atoms with Crippen molar-refractivity contribution in [2.45, 2.75) is 0 Å². The molecule has 0 saturated heterocycles. The first-order valence-corrected chi connectivity index (χ1v) is 7.30. The molecular formula is C14H11IN6O2. The molecule has 0 saturated carbocycles. The van der Waals surface area contributed by atoms with E-state index in [0.29, 0.717) is 26.3 Å². The SMILES string of the molecule is COc1cc(-c2nc(N)nc(N)c2C#N)cc(I)c1OCC#N. The van der Waals surface area contributed by atoms with Crippen molar-refractivity contribution in [2.75, 3.05) is 25.2 Å². The van der Waals surface area contributed by atoms with Gasteiger partial charge in [-0.15, -0.1) is 0 Å². The number of rotatable bonds is 4. The topological polar surface area (TPSA) is 144 Å². The molecule has 2 aromatic rings. The first kappa shape index (κ1) is 16.6. The minimum Gasteiger partial charge on any atom is -0.493 e. The Hall–Kier alpha value is -2.79. The molecule has 0 aliphatic heterocycles. The van der Waals surface area contributed by atoms with Crippen molar-refractivity contribution >= 4 is 34.4 Å². The first-order valence-electron chi connectivity index (χ1n) is 6.22. The molecule has 0 bridgehead atoms. The zero-order valence-corrected chi connectivity index (χ0v) is 14.2. The van der Waals surface area contributed by atoms with Crippen LogP contribution in [0.2, 0.25) is 0 Å². The average molecular weight is 422 g/mol. The van der Waals surface area contributed by atoms with Crippen LogP contribution in [0.1, 0.15) is 5.56 Å². The highest BCUT2D eigenvalue weighted by molar-refractivity contribution is 14.1. The first-order chi connectivity index (χ1) is 11.0. The molecule has 9 heteroatoms. The Balaban J connectivity index is 2.65. The van der Waals surface area contributed by atoms with Crippen molar-refractivity contribution in [1.29, 1.82) is 10.5 Å². The molecule has 0 radical (unpaired) electrons. The van der Waals surface area contributed by atoms with E-state index >= 15 is 0 Å². The van der Waals surface area contributed by atoms with Crippen molar-refractivity contribution in [1.82, 2.24) is 9.97 Å². The Morgan fingerprint density at radius 1 is 1.26 bits per heavy atom. The van der Waals surface area contributed by atoms with Gasteiger partial charge in [-0.1, -0.05) is 0 Å². The zero-order chi connectivity index (χ0) is 17.0. The van der Waals surface area contributed by atoms with Crippen molar-refractivity contribution in [2.24, 2.45) is 0 Å². The van der Waals surface area contributed by atoms with E-state index in [4.69, 9.17) is 26.2 Å². The Bertz CT molecular complexity index is 841. The van der Waals surface area contributed by atoms with Gasteiger partial charge in [0.1, 0.15) is 23.5 Å². The maximum atomic E-state index is 9.27. The van der Waals surface area contributed by atoms with E-state index in [1.165, 1.54) is 7.11 Å². The number of methoxy groups -OCH3 is 1. The van der Waals surface area contributed by atoms with Gasteiger partial charge in [-0.05, 0) is 34.7 Å². The normalized spacial score (nSPS) is 9.74. The third-order valence-corrected chi connectivity index (χ3v) is 3.65. The van der Waals surface area contributed by atoms with Gasteiger partial charge in [0, 0.05) is 5.56 Å². The molecule has 0 aliphatic rings. The van der Waals surface area contributed by atoms with Crippen LogP contribution in [0.25, 0.3) is 11.3 Å². The summed E-state index contributed by atoms with van der Waals surface area (Å²) in [6, 6.07) is 7.24. The molecule has 0 fully saturated rings. The fourth-order valence-corrected chi connectivity index (χ4v) is 2.67. The molecule has 23 heavy (non-hydrogen) atoms. The predicted molar refractivity (Wildman–Crippen MR) is 91.4 cm³/mol. The lowest BCUT2D eigenvalue weighted by atomic mass is 10.1. The van der Waals surface area contributed by atoms with Crippen LogP contribution in [0.4, 0.5) is 11.8 Å². The summed E-state index contributed by atoms with van der Waals surface area (Å²) in [5, 5.41) is 17.9. The molecule has 8 nitrogen and oxygen atoms in total. The van der Waals surface area contributed by atoms with Crippen LogP contribution in [-0.2, 0) is 0 Å². The number of nitrogens with two attached hydrogens (primary N) is 2. The van der Waals surface area contributed by atoms with E-state index in [2.05, 4.69) is 9.97 Å². The Kier molecular flexibility index (Phi) is 5.03. The molecule has 0 aliphatic carbocycles. The fourth-order valence-electron chi connectivity index (χ4n) is 1.92. The molecule has 0 unspecified atom stereocenters. The van der Waals surface area contributed by atoms with Crippen molar-refractivity contribution in [3.8, 4) is 34.9 Å². The van der Waals surface area contributed by atoms with Crippen LogP contribution in [0.3, 0.4) is 0 Å². The number of ether oxygens (including phenoxy) is 2. The second kappa shape index (κ2) is 6.98. The summed E-state index contributed by atoms with van der Waals surface area (Å²) in [5.41, 5.74) is 12.4. The quantitative estimate of drug-likeness (QED) is 0.709. The highest BCUT2D eigenvalue weighted by atomic mass is 127. The van der Waals surface area contributed by atoms with Gasteiger partial charge < -0.3 is 20.9 Å². The van der Waals surface area contributed by atoms with E-state index in [1.807, 2.05) is 34.7 Å². The standard InChI is InChI=1S/C14H11IN6O2/c1-22-10-5-7(4-9(15)12(10)23-3-2-16)11-8(6-17)13(18)21-14(19)20-11/h4-5H,3H2,1H3,(H4,18,19,20,21). The molecule has 0 atom stereocenters. The van der Waals surface area contributed by atoms with Gasteiger partial charge in [0.2, 0.25) is 5.95 Å². The highest BCUT2D eigenvalue weighted by Crippen LogP contribution is 2.38. The van der Waals surface area contributed by atoms with Gasteiger partial charge >= 0.3 is 0 Å². The zero-order valence-electron chi connectivity index (χ0n) is 12.0. The van der Waals surface area contributed by atoms with Crippen LogP contribution >= 0.6 is 22.6 Å². The predicted octanol–water partition coefficient (Wildman–Crippen LogP) is 1.70. The maximum absolute atomic E-state index is 9.27. The summed E-state index contributed by atoms with van der Waals surface area (Å²) in [6.45, 7) is -0.109. The van der Waals surface area contributed by atoms with E-state index in [1.54, 1.807) is 12.1 Å². The average Bonchev–Trinajstić information content (AvgIpc) is 2.52. The Labute approximate surface area is 145 Å². The van der Waals surface area contributed by atoms with E-state index < -0.39 is 0 Å². The van der Waals surface area contributed by atoms with Crippen molar-refractivity contribution < 1.29 is 9.47 Å². The van der Waals surface area contributed by atoms with E-state index in [-0.39, 0.29) is 23.9 Å². The third kappa shape index (κ3) is 3.35. The monoisotopic (exact) mass is 422 g/mol. The number of aromatic nitrogens is 2. The number of nitriles is 2. The third-order valence-electron chi connectivity index (χ3n) is 2.85. The number of hydrogen-bond acceptors (Lipinski definition) is 8. The molecule has 2 rings (SSSR count). The Morgan fingerprint density at radius 3 is 2.61 bits per heavy atom. The van der Waals surface area contributed by atoms with E-state index in [0.717, 1.165) is 0 Å². The van der Waals surface area contributed by atoms with Gasteiger partial charge in [0.15, 0.2) is 18.1 Å². The fraction of sp³-hybridized carbons (Fsp3) is 0.143. The molecular weight excluding hydrogens is 411 g/mol. The minimum atomic E-state index is -0.109. The number of hydrogen-bond donors (Lipinski definition) is 2. The molecule has 116 valence electrons. The molecule has 1 aromatic carbocycles. The van der Waals surface area contributed by atoms with Crippen molar-refractivity contribution in [3.63, 3.8) is 0 Å². The number of anilines is 2. The minimum absolute atomic E-state index is 0.00813. The molecule has 1 aromatic heterocycles. The van der Waals surface area contributed by atoms with Crippen LogP contribution in [-0.4, -0.2) is 23.7 Å². The molecule has 1 heterocycles. The van der Waals surface area contributed by atoms with Crippen LogP contribution in [0.15, 0.2) is 12.1 Å².